The van der Waals surface area contributed by atoms with E-state index in [9.17, 15) is 22.4 Å². The first-order valence-corrected chi connectivity index (χ1v) is 9.13. The summed E-state index contributed by atoms with van der Waals surface area (Å²) in [6.45, 7) is 5.58. The molecule has 2 rings (SSSR count). The van der Waals surface area contributed by atoms with Crippen LogP contribution in [0.4, 0.5) is 17.6 Å². The third kappa shape index (κ3) is 4.60. The second-order valence-corrected chi connectivity index (χ2v) is 6.91. The number of nitrogens with zero attached hydrogens (tertiary/aromatic N) is 4. The molecule has 0 aliphatic rings. The van der Waals surface area contributed by atoms with Gasteiger partial charge in [0.2, 0.25) is 5.91 Å². The van der Waals surface area contributed by atoms with E-state index in [-0.39, 0.29) is 6.54 Å². The number of aromatic nitrogens is 4. The number of aryl methyl sites for hydroxylation is 2. The Kier molecular flexibility index (Phi) is 7.33. The van der Waals surface area contributed by atoms with Crippen molar-refractivity contribution in [2.75, 3.05) is 6.54 Å². The fourth-order valence-electron chi connectivity index (χ4n) is 2.67. The molecular weight excluding hydrogens is 425 g/mol. The van der Waals surface area contributed by atoms with Crippen LogP contribution in [0.2, 0.25) is 10.0 Å². The Balaban J connectivity index is 2.01. The zero-order valence-corrected chi connectivity index (χ0v) is 16.8. The topological polar surface area (TPSA) is 64.7 Å². The third-order valence-electron chi connectivity index (χ3n) is 4.21. The van der Waals surface area contributed by atoms with E-state index in [4.69, 9.17) is 23.2 Å². The number of hydrogen-bond donors (Lipinski definition) is 1. The first-order chi connectivity index (χ1) is 13.1. The van der Waals surface area contributed by atoms with Crippen molar-refractivity contribution < 1.29 is 22.4 Å². The Bertz CT molecular complexity index is 853. The van der Waals surface area contributed by atoms with Crippen LogP contribution >= 0.6 is 23.2 Å². The lowest BCUT2D eigenvalue weighted by molar-refractivity contribution is -0.124. The van der Waals surface area contributed by atoms with E-state index in [1.807, 2.05) is 6.92 Å². The molecule has 6 nitrogen and oxygen atoms in total. The molecule has 0 radical (unpaired) electrons. The van der Waals surface area contributed by atoms with Crippen LogP contribution in [0.3, 0.4) is 0 Å². The van der Waals surface area contributed by atoms with E-state index >= 15 is 0 Å². The highest BCUT2D eigenvalue weighted by Gasteiger charge is 2.31. The predicted molar refractivity (Wildman–Crippen MR) is 96.2 cm³/mol. The van der Waals surface area contributed by atoms with Crippen LogP contribution in [0.15, 0.2) is 0 Å². The molecule has 2 heterocycles. The van der Waals surface area contributed by atoms with Crippen molar-refractivity contribution in [1.29, 1.82) is 0 Å². The van der Waals surface area contributed by atoms with Gasteiger partial charge in [0.05, 0.1) is 21.4 Å². The average molecular weight is 444 g/mol. The number of amides is 1. The van der Waals surface area contributed by atoms with Crippen molar-refractivity contribution in [2.24, 2.45) is 0 Å². The van der Waals surface area contributed by atoms with Gasteiger partial charge in [0.25, 0.3) is 12.9 Å². The summed E-state index contributed by atoms with van der Waals surface area (Å²) >= 11 is 11.7. The molecule has 156 valence electrons. The highest BCUT2D eigenvalue weighted by atomic mass is 35.5. The van der Waals surface area contributed by atoms with Crippen LogP contribution in [-0.2, 0) is 11.3 Å². The molecule has 2 aromatic rings. The maximum Gasteiger partial charge on any atom is 0.283 e. The van der Waals surface area contributed by atoms with E-state index in [1.54, 1.807) is 11.6 Å². The van der Waals surface area contributed by atoms with Crippen molar-refractivity contribution in [3.63, 3.8) is 0 Å². The standard InChI is InChI=1S/C16H19Cl2F4N5O/c1-7-10(17)8(2)26(24-7)6-4-5-23-16(28)9(3)27-13(15(21)22)11(18)12(25-27)14(19)20/h9,14-15H,4-6H2,1-3H3,(H,23,28). The number of carbonyl (C=O) groups is 1. The fraction of sp³-hybridized carbons (Fsp3) is 0.562. The van der Waals surface area contributed by atoms with Gasteiger partial charge in [-0.3, -0.25) is 9.48 Å². The summed E-state index contributed by atoms with van der Waals surface area (Å²) in [5, 5.41) is 9.99. The number of halogens is 6. The summed E-state index contributed by atoms with van der Waals surface area (Å²) in [6.07, 6.45) is -5.78. The molecule has 0 aliphatic heterocycles. The third-order valence-corrected chi connectivity index (χ3v) is 5.15. The largest absolute Gasteiger partial charge is 0.354 e. The zero-order chi connectivity index (χ0) is 21.2. The lowest BCUT2D eigenvalue weighted by Gasteiger charge is -2.15. The smallest absolute Gasteiger partial charge is 0.283 e. The van der Waals surface area contributed by atoms with Crippen LogP contribution in [0, 0.1) is 13.8 Å². The zero-order valence-electron chi connectivity index (χ0n) is 15.3. The Morgan fingerprint density at radius 2 is 1.75 bits per heavy atom. The maximum atomic E-state index is 13.2. The Hall–Kier alpha value is -1.81. The number of hydrogen-bond acceptors (Lipinski definition) is 3. The lowest BCUT2D eigenvalue weighted by Crippen LogP contribution is -2.33. The van der Waals surface area contributed by atoms with Crippen LogP contribution in [-0.4, -0.2) is 32.0 Å². The summed E-state index contributed by atoms with van der Waals surface area (Å²) < 4.78 is 54.5. The fourth-order valence-corrected chi connectivity index (χ4v) is 3.09. The van der Waals surface area contributed by atoms with E-state index in [0.717, 1.165) is 5.69 Å². The molecule has 0 saturated carbocycles. The van der Waals surface area contributed by atoms with Crippen molar-refractivity contribution in [3.8, 4) is 0 Å². The summed E-state index contributed by atoms with van der Waals surface area (Å²) in [5.74, 6) is -0.645. The van der Waals surface area contributed by atoms with Gasteiger partial charge >= 0.3 is 0 Å². The van der Waals surface area contributed by atoms with Crippen molar-refractivity contribution in [1.82, 2.24) is 24.9 Å². The Morgan fingerprint density at radius 1 is 1.11 bits per heavy atom. The van der Waals surface area contributed by atoms with Gasteiger partial charge < -0.3 is 5.32 Å². The second-order valence-electron chi connectivity index (χ2n) is 6.16. The van der Waals surface area contributed by atoms with Gasteiger partial charge in [0.1, 0.15) is 17.4 Å². The molecule has 0 saturated heterocycles. The average Bonchev–Trinajstić information content (AvgIpc) is 3.10. The van der Waals surface area contributed by atoms with Gasteiger partial charge in [-0.25, -0.2) is 22.2 Å². The van der Waals surface area contributed by atoms with Gasteiger partial charge in [0, 0.05) is 13.1 Å². The van der Waals surface area contributed by atoms with E-state index in [2.05, 4.69) is 15.5 Å². The summed E-state index contributed by atoms with van der Waals surface area (Å²) in [4.78, 5) is 12.3. The minimum absolute atomic E-state index is 0.222. The predicted octanol–water partition coefficient (Wildman–Crippen LogP) is 4.65. The molecule has 1 atom stereocenters. The van der Waals surface area contributed by atoms with Crippen molar-refractivity contribution >= 4 is 29.1 Å². The summed E-state index contributed by atoms with van der Waals surface area (Å²) in [5.41, 5.74) is -0.386. The monoisotopic (exact) mass is 443 g/mol. The second kappa shape index (κ2) is 9.13. The molecule has 0 aliphatic carbocycles. The SMILES string of the molecule is Cc1nn(CCCNC(=O)C(C)n2nc(C(F)F)c(Cl)c2C(F)F)c(C)c1Cl. The number of nitrogens with one attached hydrogen (secondary N) is 1. The molecular formula is C16H19Cl2F4N5O. The number of carbonyl (C=O) groups excluding carboxylic acids is 1. The number of alkyl halides is 4. The van der Waals surface area contributed by atoms with Crippen LogP contribution in [0.5, 0.6) is 0 Å². The maximum absolute atomic E-state index is 13.2. The first-order valence-electron chi connectivity index (χ1n) is 8.37. The van der Waals surface area contributed by atoms with E-state index in [0.29, 0.717) is 28.4 Å². The molecule has 0 spiro atoms. The minimum atomic E-state index is -3.15. The van der Waals surface area contributed by atoms with Gasteiger partial charge in [-0.1, -0.05) is 23.2 Å². The summed E-state index contributed by atoms with van der Waals surface area (Å²) in [7, 11) is 0. The van der Waals surface area contributed by atoms with Crippen molar-refractivity contribution in [2.45, 2.75) is 52.6 Å². The van der Waals surface area contributed by atoms with Gasteiger partial charge in [-0.15, -0.1) is 0 Å². The highest BCUT2D eigenvalue weighted by Crippen LogP contribution is 2.36. The van der Waals surface area contributed by atoms with Gasteiger partial charge in [-0.2, -0.15) is 10.2 Å². The molecule has 0 fully saturated rings. The quantitative estimate of drug-likeness (QED) is 0.477. The van der Waals surface area contributed by atoms with Gasteiger partial charge in [0.15, 0.2) is 0 Å². The Morgan fingerprint density at radius 3 is 2.25 bits per heavy atom. The molecule has 1 N–H and O–H groups in total. The number of rotatable bonds is 8. The lowest BCUT2D eigenvalue weighted by atomic mass is 10.3. The van der Waals surface area contributed by atoms with Crippen LogP contribution in [0.25, 0.3) is 0 Å². The molecule has 28 heavy (non-hydrogen) atoms. The van der Waals surface area contributed by atoms with E-state index in [1.165, 1.54) is 6.92 Å². The molecule has 0 bridgehead atoms. The molecule has 2 aromatic heterocycles. The molecule has 12 heteroatoms. The molecule has 0 aromatic carbocycles. The van der Waals surface area contributed by atoms with Gasteiger partial charge in [-0.05, 0) is 27.2 Å². The highest BCUT2D eigenvalue weighted by molar-refractivity contribution is 6.32. The van der Waals surface area contributed by atoms with E-state index < -0.39 is 41.2 Å². The van der Waals surface area contributed by atoms with Crippen molar-refractivity contribution in [3.05, 3.63) is 32.8 Å². The normalized spacial score (nSPS) is 12.8. The minimum Gasteiger partial charge on any atom is -0.354 e. The van der Waals surface area contributed by atoms with Crippen LogP contribution in [0.1, 0.15) is 55.0 Å². The molecule has 1 unspecified atom stereocenters. The van der Waals surface area contributed by atoms with Crippen LogP contribution < -0.4 is 5.32 Å². The summed E-state index contributed by atoms with van der Waals surface area (Å²) in [6, 6.07) is -1.24. The Labute approximate surface area is 168 Å². The first kappa shape index (κ1) is 22.5. The molecule has 1 amide bonds.